The summed E-state index contributed by atoms with van der Waals surface area (Å²) < 4.78 is 6.45. The standard InChI is InChI=1S/C23H17Cl2N3O3/c1-23(15-7-9-17(10-8-15)28(29)30)27-21(13-20(26-27)14-5-3-2-4-6-14)18-11-16(24)12-19(25)22(18)31-23/h2-12,21H,13H2,1H3/t21-,23+/m0/s1. The molecule has 3 aromatic rings. The Morgan fingerprint density at radius 1 is 1.13 bits per heavy atom. The molecule has 0 spiro atoms. The van der Waals surface area contributed by atoms with Gasteiger partial charge in [0.2, 0.25) is 5.72 Å². The number of nitro groups is 1. The molecule has 0 aromatic heterocycles. The molecule has 0 aliphatic carbocycles. The first-order valence-corrected chi connectivity index (χ1v) is 10.5. The van der Waals surface area contributed by atoms with E-state index < -0.39 is 10.6 Å². The summed E-state index contributed by atoms with van der Waals surface area (Å²) in [7, 11) is 0. The van der Waals surface area contributed by atoms with E-state index in [0.717, 1.165) is 22.4 Å². The van der Waals surface area contributed by atoms with Gasteiger partial charge in [-0.3, -0.25) is 10.1 Å². The van der Waals surface area contributed by atoms with E-state index in [1.807, 2.05) is 48.3 Å². The molecule has 0 saturated carbocycles. The minimum atomic E-state index is -1.01. The van der Waals surface area contributed by atoms with Crippen LogP contribution in [0.4, 0.5) is 5.69 Å². The minimum absolute atomic E-state index is 0.0137. The topological polar surface area (TPSA) is 68.0 Å². The van der Waals surface area contributed by atoms with Gasteiger partial charge < -0.3 is 4.74 Å². The molecule has 31 heavy (non-hydrogen) atoms. The first-order valence-electron chi connectivity index (χ1n) is 9.72. The van der Waals surface area contributed by atoms with Gasteiger partial charge in [-0.1, -0.05) is 53.5 Å². The second kappa shape index (κ2) is 7.25. The third kappa shape index (κ3) is 3.23. The third-order valence-corrected chi connectivity index (χ3v) is 6.26. The maximum absolute atomic E-state index is 11.1. The van der Waals surface area contributed by atoms with Gasteiger partial charge in [0, 0.05) is 41.6 Å². The van der Waals surface area contributed by atoms with E-state index >= 15 is 0 Å². The molecule has 6 nitrogen and oxygen atoms in total. The molecule has 0 bridgehead atoms. The number of hydrogen-bond acceptors (Lipinski definition) is 5. The Kier molecular flexibility index (Phi) is 4.64. The highest BCUT2D eigenvalue weighted by Gasteiger charge is 2.49. The zero-order valence-corrected chi connectivity index (χ0v) is 18.0. The Labute approximate surface area is 188 Å². The number of benzene rings is 3. The summed E-state index contributed by atoms with van der Waals surface area (Å²) in [5.41, 5.74) is 2.55. The van der Waals surface area contributed by atoms with Crippen LogP contribution in [-0.4, -0.2) is 15.6 Å². The predicted octanol–water partition coefficient (Wildman–Crippen LogP) is 6.32. The first-order chi connectivity index (χ1) is 14.9. The fraction of sp³-hybridized carbons (Fsp3) is 0.174. The van der Waals surface area contributed by atoms with E-state index in [4.69, 9.17) is 33.0 Å². The molecule has 2 aliphatic heterocycles. The first kappa shape index (κ1) is 19.8. The molecule has 0 radical (unpaired) electrons. The maximum atomic E-state index is 11.1. The Morgan fingerprint density at radius 2 is 1.84 bits per heavy atom. The van der Waals surface area contributed by atoms with Gasteiger partial charge in [0.05, 0.1) is 21.7 Å². The predicted molar refractivity (Wildman–Crippen MR) is 120 cm³/mol. The Morgan fingerprint density at radius 3 is 2.52 bits per heavy atom. The van der Waals surface area contributed by atoms with Crippen LogP contribution in [0.25, 0.3) is 0 Å². The zero-order chi connectivity index (χ0) is 21.8. The van der Waals surface area contributed by atoms with Gasteiger partial charge in [-0.05, 0) is 29.8 Å². The Hall–Kier alpha value is -3.09. The lowest BCUT2D eigenvalue weighted by Gasteiger charge is -2.46. The van der Waals surface area contributed by atoms with Gasteiger partial charge in [0.15, 0.2) is 0 Å². The summed E-state index contributed by atoms with van der Waals surface area (Å²) in [6.45, 7) is 1.90. The average Bonchev–Trinajstić information content (AvgIpc) is 3.22. The van der Waals surface area contributed by atoms with Crippen LogP contribution in [0, 0.1) is 10.1 Å². The van der Waals surface area contributed by atoms with E-state index in [-0.39, 0.29) is 11.7 Å². The zero-order valence-electron chi connectivity index (χ0n) is 16.5. The number of rotatable bonds is 3. The fourth-order valence-electron chi connectivity index (χ4n) is 4.22. The van der Waals surface area contributed by atoms with Crippen LogP contribution in [0.2, 0.25) is 10.0 Å². The number of fused-ring (bicyclic) bond motifs is 3. The SMILES string of the molecule is C[C@]1(c2ccc([N+](=O)[O-])cc2)Oc2c(Cl)cc(Cl)cc2[C@@H]2CC(c3ccccc3)=NN21. The number of ether oxygens (including phenoxy) is 1. The van der Waals surface area contributed by atoms with Crippen molar-refractivity contribution in [2.24, 2.45) is 5.10 Å². The van der Waals surface area contributed by atoms with Crippen LogP contribution in [0.1, 0.15) is 36.1 Å². The van der Waals surface area contributed by atoms with Crippen LogP contribution in [-0.2, 0) is 5.72 Å². The number of nitro benzene ring substituents is 1. The molecule has 5 rings (SSSR count). The van der Waals surface area contributed by atoms with E-state index in [0.29, 0.717) is 22.2 Å². The van der Waals surface area contributed by atoms with Gasteiger partial charge >= 0.3 is 0 Å². The van der Waals surface area contributed by atoms with Crippen molar-refractivity contribution >= 4 is 34.6 Å². The maximum Gasteiger partial charge on any atom is 0.269 e. The lowest BCUT2D eigenvalue weighted by molar-refractivity contribution is -0.384. The summed E-state index contributed by atoms with van der Waals surface area (Å²) in [5, 5.41) is 18.9. The van der Waals surface area contributed by atoms with Crippen LogP contribution in [0.15, 0.2) is 71.8 Å². The van der Waals surface area contributed by atoms with Crippen molar-refractivity contribution in [3.05, 3.63) is 104 Å². The van der Waals surface area contributed by atoms with Crippen LogP contribution < -0.4 is 4.74 Å². The van der Waals surface area contributed by atoms with Gasteiger partial charge in [-0.15, -0.1) is 0 Å². The highest BCUT2D eigenvalue weighted by atomic mass is 35.5. The monoisotopic (exact) mass is 453 g/mol. The average molecular weight is 454 g/mol. The van der Waals surface area contributed by atoms with Gasteiger partial charge in [0.1, 0.15) is 5.75 Å². The van der Waals surface area contributed by atoms with Crippen LogP contribution in [0.5, 0.6) is 5.75 Å². The quantitative estimate of drug-likeness (QED) is 0.343. The Bertz CT molecular complexity index is 1210. The Balaban J connectivity index is 1.67. The summed E-state index contributed by atoms with van der Waals surface area (Å²) in [6, 6.07) is 19.7. The molecule has 0 unspecified atom stereocenters. The van der Waals surface area contributed by atoms with Crippen molar-refractivity contribution in [1.29, 1.82) is 0 Å². The third-order valence-electron chi connectivity index (χ3n) is 5.77. The van der Waals surface area contributed by atoms with Crippen molar-refractivity contribution in [3.8, 4) is 5.75 Å². The van der Waals surface area contributed by atoms with Crippen LogP contribution in [0.3, 0.4) is 0 Å². The van der Waals surface area contributed by atoms with E-state index in [1.165, 1.54) is 12.1 Å². The molecular formula is C23H17Cl2N3O3. The largest absolute Gasteiger partial charge is 0.461 e. The number of hydrazone groups is 1. The van der Waals surface area contributed by atoms with Crippen molar-refractivity contribution < 1.29 is 9.66 Å². The lowest BCUT2D eigenvalue weighted by atomic mass is 9.92. The van der Waals surface area contributed by atoms with E-state index in [2.05, 4.69) is 0 Å². The number of hydrogen-bond donors (Lipinski definition) is 0. The molecule has 0 amide bonds. The van der Waals surface area contributed by atoms with E-state index in [9.17, 15) is 10.1 Å². The normalized spacial score (nSPS) is 21.7. The molecule has 3 aromatic carbocycles. The number of nitrogens with zero attached hydrogens (tertiary/aromatic N) is 3. The molecular weight excluding hydrogens is 437 g/mol. The fourth-order valence-corrected chi connectivity index (χ4v) is 4.76. The van der Waals surface area contributed by atoms with Gasteiger partial charge in [-0.2, -0.15) is 5.10 Å². The molecule has 156 valence electrons. The number of halogens is 2. The summed E-state index contributed by atoms with van der Waals surface area (Å²) in [5.74, 6) is 0.553. The summed E-state index contributed by atoms with van der Waals surface area (Å²) >= 11 is 12.8. The molecule has 0 N–H and O–H groups in total. The van der Waals surface area contributed by atoms with Gasteiger partial charge in [-0.25, -0.2) is 5.01 Å². The van der Waals surface area contributed by atoms with Gasteiger partial charge in [0.25, 0.3) is 5.69 Å². The number of non-ortho nitro benzene ring substituents is 1. The summed E-state index contributed by atoms with van der Waals surface area (Å²) in [6.07, 6.45) is 0.652. The van der Waals surface area contributed by atoms with E-state index in [1.54, 1.807) is 18.2 Å². The minimum Gasteiger partial charge on any atom is -0.461 e. The highest BCUT2D eigenvalue weighted by molar-refractivity contribution is 6.35. The molecule has 2 atom stereocenters. The highest BCUT2D eigenvalue weighted by Crippen LogP contribution is 2.53. The second-order valence-corrected chi connectivity index (χ2v) is 8.52. The molecule has 0 fully saturated rings. The van der Waals surface area contributed by atoms with Crippen LogP contribution >= 0.6 is 23.2 Å². The van der Waals surface area contributed by atoms with Crippen molar-refractivity contribution in [2.75, 3.05) is 0 Å². The van der Waals surface area contributed by atoms with Crippen molar-refractivity contribution in [1.82, 2.24) is 5.01 Å². The molecule has 2 heterocycles. The van der Waals surface area contributed by atoms with Crippen molar-refractivity contribution in [2.45, 2.75) is 25.1 Å². The molecule has 2 aliphatic rings. The van der Waals surface area contributed by atoms with Crippen molar-refractivity contribution in [3.63, 3.8) is 0 Å². The smallest absolute Gasteiger partial charge is 0.269 e. The molecule has 0 saturated heterocycles. The second-order valence-electron chi connectivity index (χ2n) is 7.67. The summed E-state index contributed by atoms with van der Waals surface area (Å²) in [4.78, 5) is 10.7. The molecule has 8 heteroatoms. The lowest BCUT2D eigenvalue weighted by Crippen LogP contribution is -2.48.